The molecule has 2 heteroatoms. The van der Waals surface area contributed by atoms with Gasteiger partial charge in [0.1, 0.15) is 0 Å². The van der Waals surface area contributed by atoms with Gasteiger partial charge in [0.05, 0.1) is 5.69 Å². The van der Waals surface area contributed by atoms with Gasteiger partial charge in [-0.1, -0.05) is 39.0 Å². The monoisotopic (exact) mass is 255 g/mol. The summed E-state index contributed by atoms with van der Waals surface area (Å²) in [5, 5.41) is 0. The molecule has 100 valence electrons. The van der Waals surface area contributed by atoms with Crippen LogP contribution in [-0.2, 0) is 5.41 Å². The lowest BCUT2D eigenvalue weighted by Gasteiger charge is -2.21. The molecule has 1 aromatic carbocycles. The zero-order chi connectivity index (χ0) is 14.2. The molecule has 0 amide bonds. The molecule has 0 radical (unpaired) electrons. The Morgan fingerprint density at radius 1 is 1.05 bits per heavy atom. The number of nitrogens with one attached hydrogen (secondary N) is 1. The minimum absolute atomic E-state index is 0.0769. The Balaban J connectivity index is 2.59. The van der Waals surface area contributed by atoms with Crippen molar-refractivity contribution in [2.45, 2.75) is 40.0 Å². The SMILES string of the molecule is Cc1cc(C(C)(C)C)ccc1-c1[nH]ccc(=O)c1C. The molecule has 0 aliphatic carbocycles. The number of hydrogen-bond donors (Lipinski definition) is 1. The zero-order valence-electron chi connectivity index (χ0n) is 12.3. The fourth-order valence-corrected chi connectivity index (χ4v) is 2.25. The third-order valence-electron chi connectivity index (χ3n) is 3.57. The van der Waals surface area contributed by atoms with E-state index in [-0.39, 0.29) is 10.8 Å². The molecule has 0 aliphatic heterocycles. The lowest BCUT2D eigenvalue weighted by molar-refractivity contribution is 0.590. The fourth-order valence-electron chi connectivity index (χ4n) is 2.25. The molecule has 0 saturated heterocycles. The predicted octanol–water partition coefficient (Wildman–Crippen LogP) is 3.96. The summed E-state index contributed by atoms with van der Waals surface area (Å²) in [5.41, 5.74) is 5.51. The van der Waals surface area contributed by atoms with E-state index >= 15 is 0 Å². The number of benzene rings is 1. The Hall–Kier alpha value is -1.83. The molecule has 0 unspecified atom stereocenters. The van der Waals surface area contributed by atoms with Crippen LogP contribution in [0.4, 0.5) is 0 Å². The second-order valence-electron chi connectivity index (χ2n) is 6.12. The number of pyridine rings is 1. The molecule has 2 aromatic rings. The number of rotatable bonds is 1. The van der Waals surface area contributed by atoms with Crippen LogP contribution in [0.25, 0.3) is 11.3 Å². The van der Waals surface area contributed by atoms with Crippen molar-refractivity contribution in [1.82, 2.24) is 4.98 Å². The molecular weight excluding hydrogens is 234 g/mol. The van der Waals surface area contributed by atoms with Gasteiger partial charge >= 0.3 is 0 Å². The van der Waals surface area contributed by atoms with Gasteiger partial charge in [0, 0.05) is 23.4 Å². The van der Waals surface area contributed by atoms with E-state index in [0.29, 0.717) is 0 Å². The van der Waals surface area contributed by atoms with Crippen molar-refractivity contribution in [2.24, 2.45) is 0 Å². The van der Waals surface area contributed by atoms with Gasteiger partial charge in [-0.15, -0.1) is 0 Å². The van der Waals surface area contributed by atoms with Gasteiger partial charge in [0.15, 0.2) is 5.43 Å². The Morgan fingerprint density at radius 3 is 2.32 bits per heavy atom. The Bertz CT molecular complexity index is 660. The van der Waals surface area contributed by atoms with Crippen LogP contribution in [0.15, 0.2) is 35.3 Å². The molecule has 0 bridgehead atoms. The van der Waals surface area contributed by atoms with Crippen molar-refractivity contribution < 1.29 is 0 Å². The first-order valence-corrected chi connectivity index (χ1v) is 6.60. The quantitative estimate of drug-likeness (QED) is 0.822. The van der Waals surface area contributed by atoms with Crippen LogP contribution in [0.2, 0.25) is 0 Å². The van der Waals surface area contributed by atoms with Crippen LogP contribution in [0.3, 0.4) is 0 Å². The summed E-state index contributed by atoms with van der Waals surface area (Å²) in [4.78, 5) is 14.9. The second-order valence-corrected chi connectivity index (χ2v) is 6.12. The van der Waals surface area contributed by atoms with E-state index < -0.39 is 0 Å². The number of aromatic nitrogens is 1. The minimum Gasteiger partial charge on any atom is -0.361 e. The molecule has 1 N–H and O–H groups in total. The maximum Gasteiger partial charge on any atom is 0.185 e. The number of hydrogen-bond acceptors (Lipinski definition) is 1. The molecule has 2 rings (SSSR count). The van der Waals surface area contributed by atoms with Gasteiger partial charge in [-0.05, 0) is 30.4 Å². The topological polar surface area (TPSA) is 32.9 Å². The second kappa shape index (κ2) is 4.69. The highest BCUT2D eigenvalue weighted by Crippen LogP contribution is 2.29. The van der Waals surface area contributed by atoms with E-state index in [9.17, 15) is 4.79 Å². The molecular formula is C17H21NO. The summed E-state index contributed by atoms with van der Waals surface area (Å²) in [6.07, 6.45) is 1.71. The van der Waals surface area contributed by atoms with E-state index in [4.69, 9.17) is 0 Å². The maximum atomic E-state index is 11.7. The highest BCUT2D eigenvalue weighted by atomic mass is 16.1. The third kappa shape index (κ3) is 2.62. The molecule has 0 saturated carbocycles. The first-order valence-electron chi connectivity index (χ1n) is 6.60. The van der Waals surface area contributed by atoms with E-state index in [2.05, 4.69) is 50.9 Å². The molecule has 0 atom stereocenters. The lowest BCUT2D eigenvalue weighted by Crippen LogP contribution is -2.12. The van der Waals surface area contributed by atoms with Crippen LogP contribution >= 0.6 is 0 Å². The highest BCUT2D eigenvalue weighted by molar-refractivity contribution is 5.67. The average molecular weight is 255 g/mol. The molecule has 0 spiro atoms. The zero-order valence-corrected chi connectivity index (χ0v) is 12.3. The van der Waals surface area contributed by atoms with Gasteiger partial charge < -0.3 is 4.98 Å². The standard InChI is InChI=1S/C17H21NO/c1-11-10-13(17(3,4)5)6-7-14(11)16-12(2)15(19)8-9-18-16/h6-10H,1-5H3,(H,18,19). The predicted molar refractivity (Wildman–Crippen MR) is 80.7 cm³/mol. The van der Waals surface area contributed by atoms with Gasteiger partial charge in [-0.2, -0.15) is 0 Å². The van der Waals surface area contributed by atoms with Gasteiger partial charge in [0.25, 0.3) is 0 Å². The minimum atomic E-state index is 0.0769. The Morgan fingerprint density at radius 2 is 1.74 bits per heavy atom. The third-order valence-corrected chi connectivity index (χ3v) is 3.57. The Kier molecular flexibility index (Phi) is 3.36. The normalized spacial score (nSPS) is 11.6. The van der Waals surface area contributed by atoms with Crippen LogP contribution in [-0.4, -0.2) is 4.98 Å². The van der Waals surface area contributed by atoms with Crippen LogP contribution in [0, 0.1) is 13.8 Å². The summed E-state index contributed by atoms with van der Waals surface area (Å²) in [6, 6.07) is 8.03. The van der Waals surface area contributed by atoms with Gasteiger partial charge in [-0.25, -0.2) is 0 Å². The number of aryl methyl sites for hydroxylation is 1. The Labute approximate surface area is 114 Å². The fraction of sp³-hybridized carbons (Fsp3) is 0.353. The van der Waals surface area contributed by atoms with Crippen LogP contribution < -0.4 is 5.43 Å². The summed E-state index contributed by atoms with van der Waals surface area (Å²) in [5.74, 6) is 0. The maximum absolute atomic E-state index is 11.7. The molecule has 0 aliphatic rings. The average Bonchev–Trinajstić information content (AvgIpc) is 2.32. The van der Waals surface area contributed by atoms with Crippen molar-refractivity contribution in [3.63, 3.8) is 0 Å². The van der Waals surface area contributed by atoms with Crippen molar-refractivity contribution in [1.29, 1.82) is 0 Å². The van der Waals surface area contributed by atoms with Crippen molar-refractivity contribution in [2.75, 3.05) is 0 Å². The lowest BCUT2D eigenvalue weighted by atomic mass is 9.85. The van der Waals surface area contributed by atoms with Gasteiger partial charge in [-0.3, -0.25) is 4.79 Å². The van der Waals surface area contributed by atoms with E-state index in [1.165, 1.54) is 11.1 Å². The van der Waals surface area contributed by atoms with Crippen molar-refractivity contribution in [3.8, 4) is 11.3 Å². The first kappa shape index (κ1) is 13.6. The molecule has 0 fully saturated rings. The number of H-pyrrole nitrogens is 1. The van der Waals surface area contributed by atoms with E-state index in [1.807, 2.05) is 6.92 Å². The highest BCUT2D eigenvalue weighted by Gasteiger charge is 2.15. The molecule has 2 nitrogen and oxygen atoms in total. The smallest absolute Gasteiger partial charge is 0.185 e. The van der Waals surface area contributed by atoms with E-state index in [1.54, 1.807) is 12.3 Å². The van der Waals surface area contributed by atoms with Crippen LogP contribution in [0.5, 0.6) is 0 Å². The number of aromatic amines is 1. The summed E-state index contributed by atoms with van der Waals surface area (Å²) < 4.78 is 0. The molecule has 19 heavy (non-hydrogen) atoms. The summed E-state index contributed by atoms with van der Waals surface area (Å²) in [6.45, 7) is 10.6. The summed E-state index contributed by atoms with van der Waals surface area (Å²) >= 11 is 0. The van der Waals surface area contributed by atoms with Crippen molar-refractivity contribution >= 4 is 0 Å². The van der Waals surface area contributed by atoms with E-state index in [0.717, 1.165) is 16.8 Å². The van der Waals surface area contributed by atoms with Crippen LogP contribution in [0.1, 0.15) is 37.5 Å². The summed E-state index contributed by atoms with van der Waals surface area (Å²) in [7, 11) is 0. The first-order chi connectivity index (χ1) is 8.80. The molecule has 1 aromatic heterocycles. The van der Waals surface area contributed by atoms with Crippen molar-refractivity contribution in [3.05, 3.63) is 57.4 Å². The largest absolute Gasteiger partial charge is 0.361 e. The van der Waals surface area contributed by atoms with Gasteiger partial charge in [0.2, 0.25) is 0 Å². The molecule has 1 heterocycles.